The number of hydrogen-bond acceptors (Lipinski definition) is 6. The molecule has 4 heterocycles. The van der Waals surface area contributed by atoms with Gasteiger partial charge in [0.2, 0.25) is 11.7 Å². The van der Waals surface area contributed by atoms with Gasteiger partial charge in [-0.05, 0) is 0 Å². The minimum atomic E-state index is -1.11. The SMILES string of the molecule is Nc1cc[n+](CC2=C(C(=O)O)N3C(=O)[C@@H](N)[C@@H]3SC2)c2ccnn12. The molecular formula is C14H15N6O3S+. The highest BCUT2D eigenvalue weighted by atomic mass is 32.2. The first-order valence-corrected chi connectivity index (χ1v) is 8.31. The Kier molecular flexibility index (Phi) is 3.25. The number of fused-ring (bicyclic) bond motifs is 2. The smallest absolute Gasteiger partial charge is 0.352 e. The topological polar surface area (TPSA) is 131 Å². The standard InChI is InChI=1S/C14H14N6O3S/c15-8-2-4-18(9-1-3-17-20(8)9)5-7-6-24-13-10(16)12(21)19(13)11(7)14(22)23/h1-4,10,13,15H,5-6,16H2,(H,22,23)/p+1/t10-,13+/m1/s1. The van der Waals surface area contributed by atoms with Gasteiger partial charge in [0.1, 0.15) is 23.7 Å². The Morgan fingerprint density at radius 3 is 3.04 bits per heavy atom. The molecule has 2 aromatic rings. The van der Waals surface area contributed by atoms with Crippen molar-refractivity contribution >= 4 is 35.1 Å². The summed E-state index contributed by atoms with van der Waals surface area (Å²) in [5.74, 6) is -0.475. The van der Waals surface area contributed by atoms with Gasteiger partial charge in [0.05, 0.1) is 18.5 Å². The van der Waals surface area contributed by atoms with Crippen molar-refractivity contribution in [3.05, 3.63) is 35.8 Å². The molecule has 124 valence electrons. The van der Waals surface area contributed by atoms with E-state index in [1.807, 2.05) is 4.57 Å². The van der Waals surface area contributed by atoms with E-state index < -0.39 is 12.0 Å². The molecule has 0 aromatic carbocycles. The van der Waals surface area contributed by atoms with Gasteiger partial charge in [-0.25, -0.2) is 9.36 Å². The summed E-state index contributed by atoms with van der Waals surface area (Å²) < 4.78 is 3.43. The van der Waals surface area contributed by atoms with Crippen molar-refractivity contribution in [1.82, 2.24) is 14.5 Å². The number of aromatic nitrogens is 3. The fourth-order valence-electron chi connectivity index (χ4n) is 3.07. The zero-order chi connectivity index (χ0) is 17.0. The molecule has 2 atom stereocenters. The third-order valence-corrected chi connectivity index (χ3v) is 5.60. The average molecular weight is 347 g/mol. The van der Waals surface area contributed by atoms with Gasteiger partial charge in [-0.3, -0.25) is 9.69 Å². The molecule has 0 aliphatic carbocycles. The fraction of sp³-hybridized carbons (Fsp3) is 0.286. The first-order chi connectivity index (χ1) is 11.5. The number of β-lactam (4-membered cyclic amide) rings is 1. The molecule has 0 unspecified atom stereocenters. The number of amides is 1. The molecule has 2 aliphatic heterocycles. The summed E-state index contributed by atoms with van der Waals surface area (Å²) in [6.45, 7) is 0.329. The van der Waals surface area contributed by atoms with Gasteiger partial charge in [-0.15, -0.1) is 11.8 Å². The van der Waals surface area contributed by atoms with Gasteiger partial charge in [0.15, 0.2) is 0 Å². The van der Waals surface area contributed by atoms with Crippen molar-refractivity contribution in [2.24, 2.45) is 5.73 Å². The lowest BCUT2D eigenvalue weighted by Crippen LogP contribution is -2.68. The van der Waals surface area contributed by atoms with Crippen LogP contribution >= 0.6 is 11.8 Å². The van der Waals surface area contributed by atoms with Crippen molar-refractivity contribution in [3.8, 4) is 0 Å². The second-order valence-electron chi connectivity index (χ2n) is 5.66. The summed E-state index contributed by atoms with van der Waals surface area (Å²) in [4.78, 5) is 25.0. The van der Waals surface area contributed by atoms with Crippen molar-refractivity contribution in [2.45, 2.75) is 18.0 Å². The fourth-order valence-corrected chi connectivity index (χ4v) is 4.35. The van der Waals surface area contributed by atoms with E-state index in [9.17, 15) is 14.7 Å². The van der Waals surface area contributed by atoms with E-state index in [0.29, 0.717) is 23.7 Å². The Balaban J connectivity index is 1.77. The monoisotopic (exact) mass is 347 g/mol. The van der Waals surface area contributed by atoms with Crippen LogP contribution in [0.4, 0.5) is 5.82 Å². The normalized spacial score (nSPS) is 23.4. The van der Waals surface area contributed by atoms with E-state index in [1.54, 1.807) is 29.0 Å². The summed E-state index contributed by atoms with van der Waals surface area (Å²) in [5, 5.41) is 13.4. The molecule has 9 nitrogen and oxygen atoms in total. The number of carboxylic acid groups (broad SMARTS) is 1. The number of thioether (sulfide) groups is 1. The lowest BCUT2D eigenvalue weighted by Gasteiger charge is -2.47. The van der Waals surface area contributed by atoms with Crippen molar-refractivity contribution in [2.75, 3.05) is 11.5 Å². The van der Waals surface area contributed by atoms with Crippen molar-refractivity contribution < 1.29 is 19.3 Å². The van der Waals surface area contributed by atoms with Crippen LogP contribution in [0.25, 0.3) is 5.65 Å². The number of carbonyl (C=O) groups excluding carboxylic acids is 1. The van der Waals surface area contributed by atoms with Gasteiger partial charge < -0.3 is 16.6 Å². The third kappa shape index (κ3) is 2.00. The Hall–Kier alpha value is -2.59. The number of nitrogens with zero attached hydrogens (tertiary/aromatic N) is 4. The molecule has 2 aliphatic rings. The highest BCUT2D eigenvalue weighted by molar-refractivity contribution is 8.00. The molecule has 1 fully saturated rings. The number of nitrogens with two attached hydrogens (primary N) is 2. The lowest BCUT2D eigenvalue weighted by atomic mass is 10.0. The number of carbonyl (C=O) groups is 2. The van der Waals surface area contributed by atoms with Gasteiger partial charge in [0.25, 0.3) is 0 Å². The number of hydrogen-bond donors (Lipinski definition) is 3. The maximum Gasteiger partial charge on any atom is 0.352 e. The van der Waals surface area contributed by atoms with E-state index in [0.717, 1.165) is 5.65 Å². The zero-order valence-electron chi connectivity index (χ0n) is 12.5. The molecule has 10 heteroatoms. The Morgan fingerprint density at radius 2 is 2.29 bits per heavy atom. The molecule has 1 saturated heterocycles. The molecular weight excluding hydrogens is 332 g/mol. The Morgan fingerprint density at radius 1 is 1.50 bits per heavy atom. The summed E-state index contributed by atoms with van der Waals surface area (Å²) in [7, 11) is 0. The zero-order valence-corrected chi connectivity index (χ0v) is 13.3. The molecule has 5 N–H and O–H groups in total. The molecule has 1 amide bonds. The van der Waals surface area contributed by atoms with Crippen LogP contribution in [0.2, 0.25) is 0 Å². The first-order valence-electron chi connectivity index (χ1n) is 7.26. The van der Waals surface area contributed by atoms with E-state index in [1.165, 1.54) is 16.7 Å². The molecule has 0 saturated carbocycles. The molecule has 0 radical (unpaired) electrons. The van der Waals surface area contributed by atoms with Gasteiger partial charge >= 0.3 is 11.6 Å². The second kappa shape index (κ2) is 5.21. The van der Waals surface area contributed by atoms with Crippen LogP contribution in [-0.2, 0) is 16.1 Å². The Bertz CT molecular complexity index is 907. The van der Waals surface area contributed by atoms with Gasteiger partial charge in [-0.1, -0.05) is 9.61 Å². The maximum absolute atomic E-state index is 12.0. The minimum absolute atomic E-state index is 0.0347. The summed E-state index contributed by atoms with van der Waals surface area (Å²) in [6.07, 6.45) is 3.40. The van der Waals surface area contributed by atoms with E-state index in [4.69, 9.17) is 11.5 Å². The van der Waals surface area contributed by atoms with Gasteiger partial charge in [-0.2, -0.15) is 0 Å². The number of carboxylic acids is 1. The Labute approximate surface area is 140 Å². The lowest BCUT2D eigenvalue weighted by molar-refractivity contribution is -0.666. The molecule has 2 aromatic heterocycles. The predicted octanol–water partition coefficient (Wildman–Crippen LogP) is -1.21. The molecule has 24 heavy (non-hydrogen) atoms. The third-order valence-electron chi connectivity index (χ3n) is 4.24. The number of aliphatic carboxylic acids is 1. The van der Waals surface area contributed by atoms with Crippen LogP contribution in [0.1, 0.15) is 0 Å². The number of nitrogen functional groups attached to an aromatic ring is 1. The van der Waals surface area contributed by atoms with Crippen LogP contribution in [-0.4, -0.2) is 48.7 Å². The average Bonchev–Trinajstić information content (AvgIpc) is 3.06. The maximum atomic E-state index is 12.0. The predicted molar refractivity (Wildman–Crippen MR) is 85.5 cm³/mol. The molecule has 4 rings (SSSR count). The largest absolute Gasteiger partial charge is 0.477 e. The summed E-state index contributed by atoms with van der Waals surface area (Å²) in [6, 6.07) is 2.86. The molecule has 0 spiro atoms. The second-order valence-corrected chi connectivity index (χ2v) is 6.77. The minimum Gasteiger partial charge on any atom is -0.477 e. The summed E-state index contributed by atoms with van der Waals surface area (Å²) in [5.41, 5.74) is 13.1. The number of rotatable bonds is 3. The quantitative estimate of drug-likeness (QED) is 0.469. The van der Waals surface area contributed by atoms with Gasteiger partial charge in [0, 0.05) is 17.4 Å². The van der Waals surface area contributed by atoms with Crippen molar-refractivity contribution in [1.29, 1.82) is 0 Å². The van der Waals surface area contributed by atoms with E-state index in [2.05, 4.69) is 5.10 Å². The van der Waals surface area contributed by atoms with Crippen LogP contribution in [0, 0.1) is 0 Å². The van der Waals surface area contributed by atoms with Crippen LogP contribution in [0.5, 0.6) is 0 Å². The molecule has 0 bridgehead atoms. The first kappa shape index (κ1) is 15.0. The van der Waals surface area contributed by atoms with Crippen molar-refractivity contribution in [3.63, 3.8) is 0 Å². The van der Waals surface area contributed by atoms with E-state index in [-0.39, 0.29) is 17.0 Å². The van der Waals surface area contributed by atoms with Crippen LogP contribution in [0.15, 0.2) is 35.8 Å². The van der Waals surface area contributed by atoms with Crippen LogP contribution < -0.4 is 16.0 Å². The van der Waals surface area contributed by atoms with E-state index >= 15 is 0 Å². The summed E-state index contributed by atoms with van der Waals surface area (Å²) >= 11 is 1.48. The highest BCUT2D eigenvalue weighted by Gasteiger charge is 2.51. The highest BCUT2D eigenvalue weighted by Crippen LogP contribution is 2.39. The van der Waals surface area contributed by atoms with Crippen LogP contribution in [0.3, 0.4) is 0 Å². The number of anilines is 1.